The number of hydrogen-bond acceptors (Lipinski definition) is 3. The van der Waals surface area contributed by atoms with Crippen molar-refractivity contribution in [2.75, 3.05) is 5.32 Å². The zero-order chi connectivity index (χ0) is 13.5. The third-order valence-corrected chi connectivity index (χ3v) is 4.06. The quantitative estimate of drug-likeness (QED) is 0.831. The Hall–Kier alpha value is -2.20. The van der Waals surface area contributed by atoms with Crippen molar-refractivity contribution in [3.05, 3.63) is 47.2 Å². The molecule has 4 nitrogen and oxygen atoms in total. The lowest BCUT2D eigenvalue weighted by Gasteiger charge is -2.19. The maximum absolute atomic E-state index is 11.5. The van der Waals surface area contributed by atoms with Crippen molar-refractivity contribution >= 4 is 11.7 Å². The van der Waals surface area contributed by atoms with E-state index in [0.717, 1.165) is 30.9 Å². The zero-order valence-corrected chi connectivity index (χ0v) is 11.1. The Labute approximate surface area is 117 Å². The van der Waals surface area contributed by atoms with Crippen LogP contribution < -0.4 is 10.6 Å². The molecule has 0 radical (unpaired) electrons. The monoisotopic (exact) mass is 265 g/mol. The van der Waals surface area contributed by atoms with Gasteiger partial charge in [0.05, 0.1) is 0 Å². The minimum Gasteiger partial charge on any atom is -0.310 e. The smallest absolute Gasteiger partial charge is 0.225 e. The van der Waals surface area contributed by atoms with Crippen LogP contribution in [0, 0.1) is 0 Å². The van der Waals surface area contributed by atoms with Gasteiger partial charge in [0, 0.05) is 31.3 Å². The van der Waals surface area contributed by atoms with Crippen molar-refractivity contribution in [1.29, 1.82) is 0 Å². The predicted molar refractivity (Wildman–Crippen MR) is 77.2 cm³/mol. The van der Waals surface area contributed by atoms with Crippen LogP contribution in [0.15, 0.2) is 30.5 Å². The van der Waals surface area contributed by atoms with Gasteiger partial charge in [0.2, 0.25) is 5.91 Å². The molecule has 4 heteroatoms. The highest BCUT2D eigenvalue weighted by atomic mass is 16.1. The first-order valence-electron chi connectivity index (χ1n) is 6.92. The van der Waals surface area contributed by atoms with E-state index in [4.69, 9.17) is 0 Å². The van der Waals surface area contributed by atoms with Crippen LogP contribution in [0.4, 0.5) is 5.82 Å². The molecule has 2 aromatic rings. The summed E-state index contributed by atoms with van der Waals surface area (Å²) in [6.45, 7) is 1.90. The molecule has 0 saturated heterocycles. The Balaban J connectivity index is 1.83. The van der Waals surface area contributed by atoms with E-state index in [0.29, 0.717) is 6.42 Å². The Bertz CT molecular complexity index is 709. The van der Waals surface area contributed by atoms with E-state index in [1.54, 1.807) is 6.20 Å². The maximum atomic E-state index is 11.5. The lowest BCUT2D eigenvalue weighted by molar-refractivity contribution is -0.116. The van der Waals surface area contributed by atoms with Gasteiger partial charge < -0.3 is 10.6 Å². The fraction of sp³-hybridized carbons (Fsp3) is 0.250. The van der Waals surface area contributed by atoms with Gasteiger partial charge in [-0.2, -0.15) is 0 Å². The minimum absolute atomic E-state index is 0.0558. The molecule has 100 valence electrons. The minimum atomic E-state index is 0.0558. The van der Waals surface area contributed by atoms with E-state index < -0.39 is 0 Å². The number of rotatable bonds is 1. The molecule has 1 aromatic carbocycles. The number of fused-ring (bicyclic) bond motifs is 2. The summed E-state index contributed by atoms with van der Waals surface area (Å²) in [4.78, 5) is 15.8. The summed E-state index contributed by atoms with van der Waals surface area (Å²) in [5.74, 6) is 0.776. The zero-order valence-electron chi connectivity index (χ0n) is 11.1. The van der Waals surface area contributed by atoms with Gasteiger partial charge in [0.1, 0.15) is 5.82 Å². The van der Waals surface area contributed by atoms with Crippen LogP contribution in [0.1, 0.15) is 23.1 Å². The first-order valence-corrected chi connectivity index (χ1v) is 6.92. The average molecular weight is 265 g/mol. The van der Waals surface area contributed by atoms with Gasteiger partial charge in [-0.25, -0.2) is 4.98 Å². The Morgan fingerprint density at radius 2 is 1.95 bits per heavy atom. The van der Waals surface area contributed by atoms with Gasteiger partial charge in [-0.1, -0.05) is 12.1 Å². The second-order valence-electron chi connectivity index (χ2n) is 5.32. The normalized spacial score (nSPS) is 16.5. The van der Waals surface area contributed by atoms with Crippen LogP contribution in [0.2, 0.25) is 0 Å². The van der Waals surface area contributed by atoms with E-state index in [-0.39, 0.29) is 5.91 Å². The number of benzene rings is 1. The number of anilines is 1. The molecule has 2 N–H and O–H groups in total. The molecule has 0 spiro atoms. The number of aromatic nitrogens is 1. The van der Waals surface area contributed by atoms with E-state index in [1.165, 1.54) is 22.3 Å². The SMILES string of the molecule is O=C1CCc2c(-c3ccc4c(c3)CNC4)ccnc2N1. The molecule has 0 saturated carbocycles. The number of nitrogens with zero attached hydrogens (tertiary/aromatic N) is 1. The largest absolute Gasteiger partial charge is 0.310 e. The van der Waals surface area contributed by atoms with Gasteiger partial charge in [0.15, 0.2) is 0 Å². The maximum Gasteiger partial charge on any atom is 0.225 e. The number of carbonyl (C=O) groups is 1. The fourth-order valence-corrected chi connectivity index (χ4v) is 3.02. The van der Waals surface area contributed by atoms with Crippen LogP contribution in [-0.4, -0.2) is 10.9 Å². The number of carbonyl (C=O) groups excluding carboxylic acids is 1. The molecule has 0 unspecified atom stereocenters. The fourth-order valence-electron chi connectivity index (χ4n) is 3.02. The molecule has 4 rings (SSSR count). The van der Waals surface area contributed by atoms with Crippen LogP contribution in [-0.2, 0) is 24.3 Å². The highest BCUT2D eigenvalue weighted by Gasteiger charge is 2.20. The molecule has 0 bridgehead atoms. The molecule has 0 atom stereocenters. The third kappa shape index (κ3) is 1.80. The summed E-state index contributed by atoms with van der Waals surface area (Å²) < 4.78 is 0. The summed E-state index contributed by atoms with van der Waals surface area (Å²) in [7, 11) is 0. The summed E-state index contributed by atoms with van der Waals surface area (Å²) in [6, 6.07) is 8.65. The summed E-state index contributed by atoms with van der Waals surface area (Å²) in [5, 5.41) is 6.23. The van der Waals surface area contributed by atoms with Crippen molar-refractivity contribution in [2.24, 2.45) is 0 Å². The first-order chi connectivity index (χ1) is 9.81. The van der Waals surface area contributed by atoms with E-state index in [1.807, 2.05) is 6.07 Å². The summed E-state index contributed by atoms with van der Waals surface area (Å²) in [5.41, 5.74) is 6.29. The molecule has 20 heavy (non-hydrogen) atoms. The summed E-state index contributed by atoms with van der Waals surface area (Å²) >= 11 is 0. The average Bonchev–Trinajstić information content (AvgIpc) is 2.93. The van der Waals surface area contributed by atoms with E-state index >= 15 is 0 Å². The van der Waals surface area contributed by atoms with Gasteiger partial charge in [-0.15, -0.1) is 0 Å². The second kappa shape index (κ2) is 4.42. The lowest BCUT2D eigenvalue weighted by Crippen LogP contribution is -2.20. The van der Waals surface area contributed by atoms with Crippen molar-refractivity contribution < 1.29 is 4.79 Å². The molecule has 2 aliphatic heterocycles. The number of amides is 1. The number of nitrogens with one attached hydrogen (secondary N) is 2. The molecule has 0 aliphatic carbocycles. The van der Waals surface area contributed by atoms with Crippen molar-refractivity contribution in [3.8, 4) is 11.1 Å². The van der Waals surface area contributed by atoms with Crippen molar-refractivity contribution in [1.82, 2.24) is 10.3 Å². The van der Waals surface area contributed by atoms with Crippen LogP contribution in [0.25, 0.3) is 11.1 Å². The Morgan fingerprint density at radius 1 is 1.05 bits per heavy atom. The molecular weight excluding hydrogens is 250 g/mol. The number of hydrogen-bond donors (Lipinski definition) is 2. The van der Waals surface area contributed by atoms with Crippen LogP contribution in [0.3, 0.4) is 0 Å². The van der Waals surface area contributed by atoms with Crippen molar-refractivity contribution in [3.63, 3.8) is 0 Å². The molecule has 0 fully saturated rings. The van der Waals surface area contributed by atoms with Gasteiger partial charge in [-0.05, 0) is 40.8 Å². The Kier molecular flexibility index (Phi) is 2.57. The predicted octanol–water partition coefficient (Wildman–Crippen LogP) is 2.24. The Morgan fingerprint density at radius 3 is 2.90 bits per heavy atom. The van der Waals surface area contributed by atoms with Crippen molar-refractivity contribution in [2.45, 2.75) is 25.9 Å². The lowest BCUT2D eigenvalue weighted by atomic mass is 9.94. The van der Waals surface area contributed by atoms with Gasteiger partial charge >= 0.3 is 0 Å². The standard InChI is InChI=1S/C16H15N3O/c20-15-4-3-14-13(5-6-18-16(14)19-15)10-1-2-11-8-17-9-12(11)7-10/h1-2,5-7,17H,3-4,8-9H2,(H,18,19,20). The van der Waals surface area contributed by atoms with Crippen LogP contribution in [0.5, 0.6) is 0 Å². The highest BCUT2D eigenvalue weighted by molar-refractivity contribution is 5.94. The molecule has 2 aliphatic rings. The van der Waals surface area contributed by atoms with Gasteiger partial charge in [0.25, 0.3) is 0 Å². The van der Waals surface area contributed by atoms with E-state index in [9.17, 15) is 4.79 Å². The van der Waals surface area contributed by atoms with E-state index in [2.05, 4.69) is 33.8 Å². The van der Waals surface area contributed by atoms with Gasteiger partial charge in [-0.3, -0.25) is 4.79 Å². The molecule has 1 aromatic heterocycles. The molecule has 3 heterocycles. The second-order valence-corrected chi connectivity index (χ2v) is 5.32. The topological polar surface area (TPSA) is 54.0 Å². The molecular formula is C16H15N3O. The first kappa shape index (κ1) is 11.6. The summed E-state index contributed by atoms with van der Waals surface area (Å²) in [6.07, 6.45) is 3.07. The molecule has 1 amide bonds. The van der Waals surface area contributed by atoms with Crippen LogP contribution >= 0.6 is 0 Å². The highest BCUT2D eigenvalue weighted by Crippen LogP contribution is 2.32. The third-order valence-electron chi connectivity index (χ3n) is 4.06. The number of pyridine rings is 1.